The number of carbonyl (C=O) groups excluding carboxylic acids is 2. The van der Waals surface area contributed by atoms with Gasteiger partial charge < -0.3 is 19.1 Å². The zero-order chi connectivity index (χ0) is 13.8. The lowest BCUT2D eigenvalue weighted by molar-refractivity contribution is -0.140. The lowest BCUT2D eigenvalue weighted by Crippen LogP contribution is -2.29. The topological polar surface area (TPSA) is 65.1 Å². The highest BCUT2D eigenvalue weighted by atomic mass is 16.7. The molecule has 0 spiro atoms. The van der Waals surface area contributed by atoms with E-state index in [2.05, 4.69) is 4.74 Å². The van der Waals surface area contributed by atoms with E-state index in [1.807, 2.05) is 0 Å². The van der Waals surface area contributed by atoms with Gasteiger partial charge in [-0.3, -0.25) is 9.59 Å². The fraction of sp³-hybridized carbons (Fsp3) is 0.385. The van der Waals surface area contributed by atoms with Crippen LogP contribution in [-0.4, -0.2) is 44.3 Å². The maximum atomic E-state index is 12.1. The molecular formula is C13H15NO5. The molecule has 0 aromatic heterocycles. The van der Waals surface area contributed by atoms with Crippen LogP contribution in [0.15, 0.2) is 18.2 Å². The van der Waals surface area contributed by atoms with Crippen LogP contribution in [0.2, 0.25) is 0 Å². The number of hydrogen-bond donors (Lipinski definition) is 0. The highest BCUT2D eigenvalue weighted by molar-refractivity contribution is 5.95. The number of esters is 1. The molecule has 0 fully saturated rings. The molecule has 1 aliphatic heterocycles. The number of ether oxygens (including phenoxy) is 3. The summed E-state index contributed by atoms with van der Waals surface area (Å²) in [7, 11) is 2.96. The Labute approximate surface area is 110 Å². The van der Waals surface area contributed by atoms with Gasteiger partial charge in [-0.05, 0) is 18.2 Å². The van der Waals surface area contributed by atoms with Crippen LogP contribution < -0.4 is 9.47 Å². The summed E-state index contributed by atoms with van der Waals surface area (Å²) in [4.78, 5) is 24.6. The fourth-order valence-corrected chi connectivity index (χ4v) is 1.71. The van der Waals surface area contributed by atoms with Crippen molar-refractivity contribution in [1.29, 1.82) is 0 Å². The lowest BCUT2D eigenvalue weighted by atomic mass is 10.1. The Hall–Kier alpha value is -2.24. The average molecular weight is 265 g/mol. The van der Waals surface area contributed by atoms with Crippen LogP contribution in [0.25, 0.3) is 0 Å². The Morgan fingerprint density at radius 1 is 1.32 bits per heavy atom. The van der Waals surface area contributed by atoms with Gasteiger partial charge in [0, 0.05) is 19.2 Å². The summed E-state index contributed by atoms with van der Waals surface area (Å²) >= 11 is 0. The van der Waals surface area contributed by atoms with Gasteiger partial charge in [0.05, 0.1) is 13.5 Å². The van der Waals surface area contributed by atoms with E-state index in [4.69, 9.17) is 9.47 Å². The molecule has 0 saturated carbocycles. The van der Waals surface area contributed by atoms with Gasteiger partial charge in [-0.1, -0.05) is 0 Å². The molecule has 1 amide bonds. The number of fused-ring (bicyclic) bond motifs is 1. The van der Waals surface area contributed by atoms with Gasteiger partial charge in [-0.15, -0.1) is 0 Å². The number of hydrogen-bond acceptors (Lipinski definition) is 5. The van der Waals surface area contributed by atoms with Crippen molar-refractivity contribution in [3.05, 3.63) is 23.8 Å². The van der Waals surface area contributed by atoms with E-state index in [1.54, 1.807) is 25.2 Å². The third-order valence-electron chi connectivity index (χ3n) is 2.85. The van der Waals surface area contributed by atoms with Gasteiger partial charge in [-0.2, -0.15) is 0 Å². The van der Waals surface area contributed by atoms with Crippen LogP contribution in [0.3, 0.4) is 0 Å². The summed E-state index contributed by atoms with van der Waals surface area (Å²) in [6.45, 7) is 0.477. The van der Waals surface area contributed by atoms with Crippen LogP contribution in [-0.2, 0) is 9.53 Å². The van der Waals surface area contributed by atoms with Crippen molar-refractivity contribution in [2.75, 3.05) is 27.5 Å². The van der Waals surface area contributed by atoms with E-state index in [9.17, 15) is 9.59 Å². The molecule has 19 heavy (non-hydrogen) atoms. The van der Waals surface area contributed by atoms with E-state index in [0.717, 1.165) is 0 Å². The molecule has 6 nitrogen and oxygen atoms in total. The minimum Gasteiger partial charge on any atom is -0.469 e. The zero-order valence-electron chi connectivity index (χ0n) is 10.8. The normalized spacial score (nSPS) is 12.1. The van der Waals surface area contributed by atoms with Gasteiger partial charge >= 0.3 is 5.97 Å². The predicted molar refractivity (Wildman–Crippen MR) is 66.2 cm³/mol. The van der Waals surface area contributed by atoms with Gasteiger partial charge in [0.2, 0.25) is 6.79 Å². The minimum atomic E-state index is -0.342. The molecule has 1 aliphatic rings. The molecule has 1 aromatic rings. The van der Waals surface area contributed by atoms with Crippen LogP contribution in [0, 0.1) is 0 Å². The third-order valence-corrected chi connectivity index (χ3v) is 2.85. The number of carbonyl (C=O) groups is 2. The number of nitrogens with zero attached hydrogens (tertiary/aromatic N) is 1. The van der Waals surface area contributed by atoms with Crippen LogP contribution >= 0.6 is 0 Å². The van der Waals surface area contributed by atoms with Crippen molar-refractivity contribution in [3.63, 3.8) is 0 Å². The van der Waals surface area contributed by atoms with E-state index < -0.39 is 0 Å². The van der Waals surface area contributed by atoms with Gasteiger partial charge in [0.15, 0.2) is 11.5 Å². The van der Waals surface area contributed by atoms with Crippen molar-refractivity contribution < 1.29 is 23.8 Å². The number of methoxy groups -OCH3 is 1. The molecule has 6 heteroatoms. The fourth-order valence-electron chi connectivity index (χ4n) is 1.71. The Morgan fingerprint density at radius 3 is 2.79 bits per heavy atom. The molecule has 1 aromatic carbocycles. The standard InChI is InChI=1S/C13H15NO5/c1-14(6-5-12(15)17-2)13(16)9-3-4-10-11(7-9)19-8-18-10/h3-4,7H,5-6,8H2,1-2H3. The predicted octanol–water partition coefficient (Wildman–Crippen LogP) is 1.05. The average Bonchev–Trinajstić information content (AvgIpc) is 2.90. The van der Waals surface area contributed by atoms with Gasteiger partial charge in [-0.25, -0.2) is 0 Å². The maximum absolute atomic E-state index is 12.1. The molecule has 0 unspecified atom stereocenters. The van der Waals surface area contributed by atoms with E-state index >= 15 is 0 Å². The van der Waals surface area contributed by atoms with Crippen molar-refractivity contribution in [2.45, 2.75) is 6.42 Å². The Bertz CT molecular complexity index is 500. The molecule has 0 atom stereocenters. The third kappa shape index (κ3) is 2.96. The number of amides is 1. The first-order valence-electron chi connectivity index (χ1n) is 5.83. The van der Waals surface area contributed by atoms with Crippen molar-refractivity contribution in [1.82, 2.24) is 4.90 Å². The van der Waals surface area contributed by atoms with E-state index in [-0.39, 0.29) is 25.1 Å². The summed E-state index contributed by atoms with van der Waals surface area (Å²) in [5.41, 5.74) is 0.497. The Morgan fingerprint density at radius 2 is 2.05 bits per heavy atom. The van der Waals surface area contributed by atoms with Crippen LogP contribution in [0.5, 0.6) is 11.5 Å². The number of rotatable bonds is 4. The number of benzene rings is 1. The van der Waals surface area contributed by atoms with Crippen molar-refractivity contribution in [3.8, 4) is 11.5 Å². The molecule has 1 heterocycles. The Kier molecular flexibility index (Phi) is 3.89. The molecule has 0 radical (unpaired) electrons. The quantitative estimate of drug-likeness (QED) is 0.761. The second kappa shape index (κ2) is 5.60. The zero-order valence-corrected chi connectivity index (χ0v) is 10.8. The first-order valence-corrected chi connectivity index (χ1v) is 5.83. The highest BCUT2D eigenvalue weighted by Gasteiger charge is 2.18. The summed E-state index contributed by atoms with van der Waals surface area (Å²) in [6.07, 6.45) is 0.170. The first kappa shape index (κ1) is 13.2. The maximum Gasteiger partial charge on any atom is 0.307 e. The summed E-state index contributed by atoms with van der Waals surface area (Å²) in [5, 5.41) is 0. The van der Waals surface area contributed by atoms with E-state index in [1.165, 1.54) is 12.0 Å². The molecule has 0 bridgehead atoms. The van der Waals surface area contributed by atoms with Crippen LogP contribution in [0.4, 0.5) is 0 Å². The summed E-state index contributed by atoms with van der Waals surface area (Å²) in [6, 6.07) is 5.01. The minimum absolute atomic E-state index is 0.170. The largest absolute Gasteiger partial charge is 0.469 e. The Balaban J connectivity index is 2.01. The van der Waals surface area contributed by atoms with Crippen molar-refractivity contribution >= 4 is 11.9 Å². The molecule has 0 saturated heterocycles. The second-order valence-corrected chi connectivity index (χ2v) is 4.12. The smallest absolute Gasteiger partial charge is 0.307 e. The van der Waals surface area contributed by atoms with Gasteiger partial charge in [0.1, 0.15) is 0 Å². The molecule has 102 valence electrons. The van der Waals surface area contributed by atoms with Gasteiger partial charge in [0.25, 0.3) is 5.91 Å². The monoisotopic (exact) mass is 265 g/mol. The van der Waals surface area contributed by atoms with Crippen molar-refractivity contribution in [2.24, 2.45) is 0 Å². The summed E-state index contributed by atoms with van der Waals surface area (Å²) < 4.78 is 14.9. The molecule has 2 rings (SSSR count). The SMILES string of the molecule is COC(=O)CCN(C)C(=O)c1ccc2c(c1)OCO2. The molecule has 0 aliphatic carbocycles. The summed E-state index contributed by atoms with van der Waals surface area (Å²) in [5.74, 6) is 0.675. The van der Waals surface area contributed by atoms with Crippen LogP contribution in [0.1, 0.15) is 16.8 Å². The highest BCUT2D eigenvalue weighted by Crippen LogP contribution is 2.32. The molecular weight excluding hydrogens is 250 g/mol. The van der Waals surface area contributed by atoms with E-state index in [0.29, 0.717) is 23.6 Å². The molecule has 0 N–H and O–H groups in total. The second-order valence-electron chi connectivity index (χ2n) is 4.12. The first-order chi connectivity index (χ1) is 9.11. The lowest BCUT2D eigenvalue weighted by Gasteiger charge is -2.16.